The van der Waals surface area contributed by atoms with E-state index in [0.717, 1.165) is 31.2 Å². The van der Waals surface area contributed by atoms with Gasteiger partial charge in [0.15, 0.2) is 5.96 Å². The second-order valence-corrected chi connectivity index (χ2v) is 7.41. The summed E-state index contributed by atoms with van der Waals surface area (Å²) in [5.74, 6) is 0.768. The van der Waals surface area contributed by atoms with Gasteiger partial charge in [0.05, 0.1) is 6.54 Å². The maximum absolute atomic E-state index is 11.1. The molecule has 0 saturated carbocycles. The van der Waals surface area contributed by atoms with Gasteiger partial charge in [0.25, 0.3) is 0 Å². The van der Waals surface area contributed by atoms with E-state index in [1.54, 1.807) is 11.8 Å². The number of hydrogen-bond acceptors (Lipinski definition) is 3. The van der Waals surface area contributed by atoms with Gasteiger partial charge in [0, 0.05) is 30.6 Å². The summed E-state index contributed by atoms with van der Waals surface area (Å²) >= 11 is 1.76. The topological polar surface area (TPSA) is 65.5 Å². The fraction of sp³-hybridized carbons (Fsp3) is 0.364. The van der Waals surface area contributed by atoms with Crippen LogP contribution in [-0.2, 0) is 17.8 Å². The van der Waals surface area contributed by atoms with E-state index in [-0.39, 0.29) is 29.9 Å². The zero-order valence-corrected chi connectivity index (χ0v) is 20.7. The molecule has 5 nitrogen and oxygen atoms in total. The lowest BCUT2D eigenvalue weighted by atomic mass is 10.1. The summed E-state index contributed by atoms with van der Waals surface area (Å²) in [5.41, 5.74) is 4.54. The summed E-state index contributed by atoms with van der Waals surface area (Å²) < 4.78 is 0. The predicted octanol–water partition coefficient (Wildman–Crippen LogP) is 4.59. The summed E-state index contributed by atoms with van der Waals surface area (Å²) in [7, 11) is 0. The minimum Gasteiger partial charge on any atom is -0.357 e. The van der Waals surface area contributed by atoms with E-state index in [4.69, 9.17) is 4.99 Å². The molecule has 0 saturated heterocycles. The lowest BCUT2D eigenvalue weighted by molar-refractivity contribution is -0.114. The molecule has 2 aromatic rings. The van der Waals surface area contributed by atoms with E-state index in [1.165, 1.54) is 28.5 Å². The van der Waals surface area contributed by atoms with E-state index in [1.807, 2.05) is 24.3 Å². The maximum Gasteiger partial charge on any atom is 0.221 e. The minimum atomic E-state index is -0.0564. The van der Waals surface area contributed by atoms with Crippen LogP contribution < -0.4 is 16.0 Å². The van der Waals surface area contributed by atoms with E-state index in [2.05, 4.69) is 54.3 Å². The van der Waals surface area contributed by atoms with Crippen LogP contribution in [0, 0.1) is 6.92 Å². The second-order valence-electron chi connectivity index (χ2n) is 6.57. The van der Waals surface area contributed by atoms with Crippen LogP contribution in [0.25, 0.3) is 0 Å². The van der Waals surface area contributed by atoms with Crippen LogP contribution >= 0.6 is 35.7 Å². The molecule has 0 radical (unpaired) electrons. The van der Waals surface area contributed by atoms with Gasteiger partial charge in [-0.3, -0.25) is 4.79 Å². The number of nitrogens with zero attached hydrogens (tertiary/aromatic N) is 1. The number of anilines is 1. The fourth-order valence-electron chi connectivity index (χ4n) is 2.77. The molecule has 1 amide bonds. The molecule has 29 heavy (non-hydrogen) atoms. The molecule has 2 aromatic carbocycles. The number of benzene rings is 2. The summed E-state index contributed by atoms with van der Waals surface area (Å²) in [6, 6.07) is 14.4. The molecular weight excluding hydrogens is 495 g/mol. The van der Waals surface area contributed by atoms with Crippen LogP contribution in [-0.4, -0.2) is 31.2 Å². The van der Waals surface area contributed by atoms with Crippen LogP contribution in [0.15, 0.2) is 52.4 Å². The number of rotatable bonds is 8. The average Bonchev–Trinajstić information content (AvgIpc) is 2.67. The molecular formula is C22H31IN4OS. The Hall–Kier alpha value is -1.74. The number of hydrogen-bond donors (Lipinski definition) is 3. The number of aliphatic imine (C=N–C) groups is 1. The first-order valence-electron chi connectivity index (χ1n) is 9.54. The van der Waals surface area contributed by atoms with Gasteiger partial charge in [-0.2, -0.15) is 0 Å². The van der Waals surface area contributed by atoms with Crippen LogP contribution in [0.4, 0.5) is 5.69 Å². The van der Waals surface area contributed by atoms with Gasteiger partial charge in [-0.25, -0.2) is 4.99 Å². The molecule has 2 rings (SSSR count). The van der Waals surface area contributed by atoms with Crippen molar-refractivity contribution < 1.29 is 4.79 Å². The highest BCUT2D eigenvalue weighted by molar-refractivity contribution is 14.0. The van der Waals surface area contributed by atoms with Gasteiger partial charge in [-0.05, 0) is 61.4 Å². The monoisotopic (exact) mass is 526 g/mol. The number of carbonyl (C=O) groups excluding carboxylic acids is 1. The van der Waals surface area contributed by atoms with Crippen LogP contribution in [0.5, 0.6) is 0 Å². The van der Waals surface area contributed by atoms with Gasteiger partial charge >= 0.3 is 0 Å². The number of nitrogens with one attached hydrogen (secondary N) is 3. The molecule has 3 N–H and O–H groups in total. The molecule has 0 aromatic heterocycles. The van der Waals surface area contributed by atoms with Crippen LogP contribution in [0.3, 0.4) is 0 Å². The summed E-state index contributed by atoms with van der Waals surface area (Å²) in [5, 5.41) is 9.48. The smallest absolute Gasteiger partial charge is 0.221 e. The molecule has 0 aliphatic carbocycles. The van der Waals surface area contributed by atoms with Gasteiger partial charge < -0.3 is 16.0 Å². The van der Waals surface area contributed by atoms with Crippen molar-refractivity contribution in [2.75, 3.05) is 24.7 Å². The third-order valence-corrected chi connectivity index (χ3v) is 4.99. The zero-order valence-electron chi connectivity index (χ0n) is 17.5. The van der Waals surface area contributed by atoms with Crippen molar-refractivity contribution >= 4 is 53.3 Å². The predicted molar refractivity (Wildman–Crippen MR) is 136 cm³/mol. The lowest BCUT2D eigenvalue weighted by Crippen LogP contribution is -2.38. The fourth-order valence-corrected chi connectivity index (χ4v) is 3.47. The van der Waals surface area contributed by atoms with Crippen molar-refractivity contribution in [3.05, 3.63) is 59.2 Å². The van der Waals surface area contributed by atoms with Gasteiger partial charge in [-0.1, -0.05) is 24.3 Å². The molecule has 0 unspecified atom stereocenters. The third kappa shape index (κ3) is 9.08. The van der Waals surface area contributed by atoms with Gasteiger partial charge in [0.2, 0.25) is 5.91 Å². The largest absolute Gasteiger partial charge is 0.357 e. The number of thioether (sulfide) groups is 1. The van der Waals surface area contributed by atoms with Crippen molar-refractivity contribution in [3.63, 3.8) is 0 Å². The van der Waals surface area contributed by atoms with Crippen LogP contribution in [0.2, 0.25) is 0 Å². The SMILES string of the molecule is CCNC(=NCc1ccc(C)cc1SC)NCCc1ccc(NC(C)=O)cc1.I. The Kier molecular flexibility index (Phi) is 11.8. The van der Waals surface area contributed by atoms with Crippen molar-refractivity contribution in [1.29, 1.82) is 0 Å². The molecule has 7 heteroatoms. The summed E-state index contributed by atoms with van der Waals surface area (Å²) in [6.07, 6.45) is 2.98. The quantitative estimate of drug-likeness (QED) is 0.204. The Labute approximate surface area is 195 Å². The van der Waals surface area contributed by atoms with E-state index in [0.29, 0.717) is 6.54 Å². The number of guanidine groups is 1. The molecule has 0 aliphatic rings. The number of halogens is 1. The van der Waals surface area contributed by atoms with Crippen molar-refractivity contribution in [2.24, 2.45) is 4.99 Å². The van der Waals surface area contributed by atoms with E-state index >= 15 is 0 Å². The standard InChI is InChI=1S/C22H30N4OS.HI/c1-5-23-22(25-15-19-9-6-16(2)14-21(19)28-4)24-13-12-18-7-10-20(11-8-18)26-17(3)27;/h6-11,14H,5,12-13,15H2,1-4H3,(H,26,27)(H2,23,24,25);1H. The van der Waals surface area contributed by atoms with E-state index in [9.17, 15) is 4.79 Å². The molecule has 0 atom stereocenters. The minimum absolute atomic E-state index is 0. The highest BCUT2D eigenvalue weighted by Crippen LogP contribution is 2.22. The first kappa shape index (κ1) is 25.3. The van der Waals surface area contributed by atoms with Crippen LogP contribution in [0.1, 0.15) is 30.5 Å². The normalized spacial score (nSPS) is 10.8. The molecule has 0 heterocycles. The highest BCUT2D eigenvalue weighted by Gasteiger charge is 2.03. The van der Waals surface area contributed by atoms with Gasteiger partial charge in [-0.15, -0.1) is 35.7 Å². The van der Waals surface area contributed by atoms with Crippen molar-refractivity contribution in [3.8, 4) is 0 Å². The number of aryl methyl sites for hydroxylation is 1. The summed E-state index contributed by atoms with van der Waals surface area (Å²) in [4.78, 5) is 17.1. The van der Waals surface area contributed by atoms with Crippen molar-refractivity contribution in [1.82, 2.24) is 10.6 Å². The Bertz CT molecular complexity index is 809. The molecule has 158 valence electrons. The van der Waals surface area contributed by atoms with Gasteiger partial charge in [0.1, 0.15) is 0 Å². The average molecular weight is 526 g/mol. The second kappa shape index (κ2) is 13.5. The lowest BCUT2D eigenvalue weighted by Gasteiger charge is -2.12. The third-order valence-electron chi connectivity index (χ3n) is 4.17. The number of amides is 1. The first-order chi connectivity index (χ1) is 13.5. The van der Waals surface area contributed by atoms with E-state index < -0.39 is 0 Å². The molecule has 0 aliphatic heterocycles. The Balaban J connectivity index is 0.00000420. The zero-order chi connectivity index (χ0) is 20.4. The molecule has 0 spiro atoms. The van der Waals surface area contributed by atoms with Crippen molar-refractivity contribution in [2.45, 2.75) is 38.6 Å². The first-order valence-corrected chi connectivity index (χ1v) is 10.8. The maximum atomic E-state index is 11.1. The summed E-state index contributed by atoms with van der Waals surface area (Å²) in [6.45, 7) is 7.95. The Morgan fingerprint density at radius 1 is 1.10 bits per heavy atom. The Morgan fingerprint density at radius 2 is 1.83 bits per heavy atom. The highest BCUT2D eigenvalue weighted by atomic mass is 127. The number of carbonyl (C=O) groups is 1. The Morgan fingerprint density at radius 3 is 2.45 bits per heavy atom. The molecule has 0 bridgehead atoms. The molecule has 0 fully saturated rings.